The van der Waals surface area contributed by atoms with Gasteiger partial charge in [0, 0.05) is 27.5 Å². The Morgan fingerprint density at radius 3 is 2.41 bits per heavy atom. The molecule has 1 unspecified atom stereocenters. The number of ether oxygens (including phenoxy) is 2. The second kappa shape index (κ2) is 17.9. The van der Waals surface area contributed by atoms with Gasteiger partial charge >= 0.3 is 6.03 Å². The Labute approximate surface area is 286 Å². The molecule has 0 aliphatic heterocycles. The number of fused-ring (bicyclic) bond motifs is 1. The number of aromatic nitrogens is 2. The van der Waals surface area contributed by atoms with E-state index < -0.39 is 0 Å². The van der Waals surface area contributed by atoms with Gasteiger partial charge in [-0.1, -0.05) is 68.4 Å². The number of nitrogens with zero attached hydrogens (tertiary/aromatic N) is 3. The first-order chi connectivity index (χ1) is 21.1. The number of carbonyl (C=O) groups is 1. The molecule has 4 aromatic rings. The molecule has 1 amide bonds. The van der Waals surface area contributed by atoms with Gasteiger partial charge in [0.25, 0.3) is 5.95 Å². The first-order valence-corrected chi connectivity index (χ1v) is 16.8. The maximum atomic E-state index is 12.7. The van der Waals surface area contributed by atoms with Crippen LogP contribution in [0.15, 0.2) is 58.3 Å². The van der Waals surface area contributed by atoms with Gasteiger partial charge < -0.3 is 18.8 Å². The van der Waals surface area contributed by atoms with Crippen LogP contribution >= 0.6 is 57.4 Å². The molecular formula is C32H37Cl3IN3O5. The van der Waals surface area contributed by atoms with Crippen LogP contribution in [0.1, 0.15) is 58.9 Å². The molecule has 0 aliphatic rings. The van der Waals surface area contributed by atoms with Crippen molar-refractivity contribution in [3.8, 4) is 11.7 Å². The van der Waals surface area contributed by atoms with E-state index in [1.165, 1.54) is 10.9 Å². The van der Waals surface area contributed by atoms with Crippen molar-refractivity contribution in [2.45, 2.75) is 65.9 Å². The van der Waals surface area contributed by atoms with Gasteiger partial charge in [0.2, 0.25) is 0 Å². The summed E-state index contributed by atoms with van der Waals surface area (Å²) in [5.74, 6) is 0.765. The van der Waals surface area contributed by atoms with Gasteiger partial charge in [0.15, 0.2) is 11.2 Å². The van der Waals surface area contributed by atoms with Crippen molar-refractivity contribution >= 4 is 74.4 Å². The molecule has 238 valence electrons. The van der Waals surface area contributed by atoms with Gasteiger partial charge in [0.05, 0.1) is 33.6 Å². The largest absolute Gasteiger partial charge is 0.489 e. The number of halogens is 4. The lowest BCUT2D eigenvalue weighted by Gasteiger charge is -2.22. The predicted molar refractivity (Wildman–Crippen MR) is 186 cm³/mol. The van der Waals surface area contributed by atoms with E-state index in [0.717, 1.165) is 29.3 Å². The van der Waals surface area contributed by atoms with Crippen LogP contribution in [0.3, 0.4) is 0 Å². The molecule has 0 fully saturated rings. The topological polar surface area (TPSA) is 86.8 Å². The fourth-order valence-corrected chi connectivity index (χ4v) is 5.84. The molecule has 4 rings (SSSR count). The zero-order valence-electron chi connectivity index (χ0n) is 25.2. The highest BCUT2D eigenvalue weighted by Gasteiger charge is 2.18. The first kappa shape index (κ1) is 36.0. The molecule has 0 bridgehead atoms. The summed E-state index contributed by atoms with van der Waals surface area (Å²) < 4.78 is 19.8. The molecule has 8 nitrogen and oxygen atoms in total. The maximum absolute atomic E-state index is 12.7. The average Bonchev–Trinajstić information content (AvgIpc) is 3.52. The Morgan fingerprint density at radius 2 is 1.80 bits per heavy atom. The average molecular weight is 777 g/mol. The second-order valence-corrected chi connectivity index (χ2v) is 12.6. The highest BCUT2D eigenvalue weighted by molar-refractivity contribution is 14.1. The molecule has 44 heavy (non-hydrogen) atoms. The Morgan fingerprint density at radius 1 is 1.07 bits per heavy atom. The smallest absolute Gasteiger partial charge is 0.329 e. The minimum Gasteiger partial charge on any atom is -0.489 e. The fraction of sp³-hybridized carbons (Fsp3) is 0.406. The lowest BCUT2D eigenvalue weighted by atomic mass is 10.1. The van der Waals surface area contributed by atoms with Crippen LogP contribution in [-0.4, -0.2) is 46.3 Å². The number of carbonyl (C=O) groups excluding carboxylic acids is 1. The lowest BCUT2D eigenvalue weighted by Crippen LogP contribution is -2.37. The van der Waals surface area contributed by atoms with Crippen molar-refractivity contribution in [1.29, 1.82) is 0 Å². The lowest BCUT2D eigenvalue weighted by molar-refractivity contribution is 0.161. The minimum absolute atomic E-state index is 0.0373. The molecule has 0 radical (unpaired) electrons. The van der Waals surface area contributed by atoms with Crippen molar-refractivity contribution in [1.82, 2.24) is 14.5 Å². The van der Waals surface area contributed by atoms with E-state index in [1.807, 2.05) is 32.0 Å². The van der Waals surface area contributed by atoms with Gasteiger partial charge in [-0.05, 0) is 79.1 Å². The van der Waals surface area contributed by atoms with Crippen LogP contribution < -0.4 is 14.9 Å². The predicted octanol–water partition coefficient (Wildman–Crippen LogP) is 9.52. The second-order valence-electron chi connectivity index (χ2n) is 10.1. The Balaban J connectivity index is 0.000000241. The van der Waals surface area contributed by atoms with Crippen LogP contribution in [0.5, 0.6) is 11.7 Å². The maximum Gasteiger partial charge on any atom is 0.329 e. The number of imidazole rings is 1. The highest BCUT2D eigenvalue weighted by atomic mass is 127. The third-order valence-electron chi connectivity index (χ3n) is 6.47. The molecule has 0 N–H and O–H groups in total. The molecule has 0 saturated carbocycles. The first-order valence-electron chi connectivity index (χ1n) is 14.6. The monoisotopic (exact) mass is 775 g/mol. The molecular weight excluding hydrogens is 740 g/mol. The summed E-state index contributed by atoms with van der Waals surface area (Å²) in [5, 5.41) is 1.76. The van der Waals surface area contributed by atoms with E-state index in [9.17, 15) is 9.59 Å². The van der Waals surface area contributed by atoms with Crippen LogP contribution in [0.25, 0.3) is 11.0 Å². The highest BCUT2D eigenvalue weighted by Crippen LogP contribution is 2.35. The minimum atomic E-state index is -0.152. The third-order valence-corrected chi connectivity index (χ3v) is 7.92. The quantitative estimate of drug-likeness (QED) is 0.133. The fourth-order valence-electron chi connectivity index (χ4n) is 4.43. The number of benzene rings is 2. The van der Waals surface area contributed by atoms with E-state index in [0.29, 0.717) is 62.8 Å². The zero-order chi connectivity index (χ0) is 32.2. The summed E-state index contributed by atoms with van der Waals surface area (Å²) in [7, 11) is 0. The zero-order valence-corrected chi connectivity index (χ0v) is 29.7. The summed E-state index contributed by atoms with van der Waals surface area (Å²) in [6.07, 6.45) is 9.08. The molecule has 12 heteroatoms. The van der Waals surface area contributed by atoms with Crippen LogP contribution in [0.2, 0.25) is 15.1 Å². The van der Waals surface area contributed by atoms with Crippen LogP contribution in [0.4, 0.5) is 4.79 Å². The van der Waals surface area contributed by atoms with Gasteiger partial charge in [-0.25, -0.2) is 9.78 Å². The van der Waals surface area contributed by atoms with Gasteiger partial charge in [-0.3, -0.25) is 9.36 Å². The number of amides is 1. The van der Waals surface area contributed by atoms with Crippen molar-refractivity contribution in [2.75, 3.05) is 19.7 Å². The summed E-state index contributed by atoms with van der Waals surface area (Å²) in [4.78, 5) is 30.6. The van der Waals surface area contributed by atoms with E-state index in [1.54, 1.807) is 29.4 Å². The number of hydrogen-bond acceptors (Lipinski definition) is 6. The van der Waals surface area contributed by atoms with E-state index in [-0.39, 0.29) is 24.2 Å². The normalized spacial score (nSPS) is 11.5. The molecule has 0 spiro atoms. The summed E-state index contributed by atoms with van der Waals surface area (Å²) >= 11 is 20.2. The Hall–Kier alpha value is -2.47. The summed E-state index contributed by atoms with van der Waals surface area (Å²) in [6.45, 7) is 9.46. The van der Waals surface area contributed by atoms with Crippen LogP contribution in [-0.2, 0) is 6.42 Å². The van der Waals surface area contributed by atoms with Gasteiger partial charge in [0.1, 0.15) is 18.5 Å². The molecule has 0 aliphatic carbocycles. The standard InChI is InChI=1S/C17H21IO3.C15H16Cl3N3O2/c1-4-6-11(3)20-17-13(7-5-2)16(19)14-10-12(18)8-9-15(14)21-17;1-2-4-20(15(22)21-5-3-19-10-21)6-7-23-14-12(17)8-11(16)9-13(14)18/h8-11H,4-7H2,1-3H3;3,5,8-10H,2,4,6-7H2,1H3. The Bertz CT molecular complexity index is 1560. The molecule has 2 aromatic carbocycles. The molecule has 1 atom stereocenters. The van der Waals surface area contributed by atoms with E-state index in [2.05, 4.69) is 41.4 Å². The van der Waals surface area contributed by atoms with Crippen molar-refractivity contribution in [2.24, 2.45) is 0 Å². The van der Waals surface area contributed by atoms with Crippen molar-refractivity contribution < 1.29 is 18.7 Å². The molecule has 0 saturated heterocycles. The third kappa shape index (κ3) is 10.0. The molecule has 2 heterocycles. The van der Waals surface area contributed by atoms with Gasteiger partial charge in [-0.2, -0.15) is 0 Å². The number of rotatable bonds is 12. The SMILES string of the molecule is CCCN(CCOc1c(Cl)cc(Cl)cc1Cl)C(=O)n1ccnc1.CCCc1c(OC(C)CCC)oc2ccc(I)cc2c1=O. The van der Waals surface area contributed by atoms with E-state index >= 15 is 0 Å². The Kier molecular flexibility index (Phi) is 14.6. The van der Waals surface area contributed by atoms with Gasteiger partial charge in [-0.15, -0.1) is 0 Å². The van der Waals surface area contributed by atoms with E-state index in [4.69, 9.17) is 48.7 Å². The van der Waals surface area contributed by atoms with Crippen molar-refractivity contribution in [3.05, 3.63) is 83.5 Å². The summed E-state index contributed by atoms with van der Waals surface area (Å²) in [5.41, 5.74) is 1.30. The van der Waals surface area contributed by atoms with Crippen molar-refractivity contribution in [3.63, 3.8) is 0 Å². The summed E-state index contributed by atoms with van der Waals surface area (Å²) in [6, 6.07) is 8.62. The van der Waals surface area contributed by atoms with Crippen LogP contribution in [0, 0.1) is 3.57 Å². The molecule has 2 aromatic heterocycles. The number of hydrogen-bond donors (Lipinski definition) is 0.